The van der Waals surface area contributed by atoms with Crippen LogP contribution in [0.3, 0.4) is 0 Å². The molecule has 0 saturated carbocycles. The van der Waals surface area contributed by atoms with E-state index in [1.54, 1.807) is 0 Å². The molecule has 0 aliphatic rings. The van der Waals surface area contributed by atoms with Gasteiger partial charge < -0.3 is 8.92 Å². The molecule has 28 heavy (non-hydrogen) atoms. The molecule has 0 bridgehead atoms. The van der Waals surface area contributed by atoms with Crippen LogP contribution in [0.15, 0.2) is 36.4 Å². The molecule has 0 heterocycles. The molecule has 0 spiro atoms. The Labute approximate surface area is 161 Å². The Kier molecular flexibility index (Phi) is 5.98. The maximum atomic E-state index is 14.4. The minimum atomic E-state index is -5.80. The summed E-state index contributed by atoms with van der Waals surface area (Å²) in [5.41, 5.74) is -4.83. The second kappa shape index (κ2) is 7.62. The molecule has 0 N–H and O–H groups in total. The normalized spacial score (nSPS) is 12.7. The zero-order chi connectivity index (χ0) is 21.3. The molecule has 2 rings (SSSR count). The molecule has 0 aliphatic heterocycles. The summed E-state index contributed by atoms with van der Waals surface area (Å²) in [6.07, 6.45) is 0.336. The van der Waals surface area contributed by atoms with E-state index in [9.17, 15) is 26.0 Å². The lowest BCUT2D eigenvalue weighted by molar-refractivity contribution is -0.0500. The first kappa shape index (κ1) is 22.0. The molecule has 0 unspecified atom stereocenters. The average molecular weight is 420 g/mol. The van der Waals surface area contributed by atoms with E-state index in [1.807, 2.05) is 20.8 Å². The Balaban J connectivity index is 2.59. The molecule has 0 aliphatic carbocycles. The Morgan fingerprint density at radius 2 is 1.54 bits per heavy atom. The predicted octanol–water partition coefficient (Wildman–Crippen LogP) is 5.32. The van der Waals surface area contributed by atoms with E-state index >= 15 is 0 Å². The highest BCUT2D eigenvalue weighted by Gasteiger charge is 2.48. The summed E-state index contributed by atoms with van der Waals surface area (Å²) in [5.74, 6) is -0.644. The van der Waals surface area contributed by atoms with Gasteiger partial charge in [0.05, 0.1) is 7.11 Å². The van der Waals surface area contributed by atoms with Crippen molar-refractivity contribution in [2.45, 2.75) is 32.7 Å². The molecule has 4 nitrogen and oxygen atoms in total. The van der Waals surface area contributed by atoms with E-state index in [1.165, 1.54) is 37.4 Å². The Morgan fingerprint density at radius 3 is 2.07 bits per heavy atom. The SMILES string of the molecule is COc1ccc(F)c(-c2ccc(OS(=O)(=O)C(F)(F)F)cc2CC(C)(C)C)c1. The molecule has 0 saturated heterocycles. The van der Waals surface area contributed by atoms with Crippen LogP contribution in [0.2, 0.25) is 0 Å². The first-order valence-corrected chi connectivity index (χ1v) is 9.62. The fourth-order valence-electron chi connectivity index (χ4n) is 2.61. The summed E-state index contributed by atoms with van der Waals surface area (Å²) in [4.78, 5) is 0. The van der Waals surface area contributed by atoms with Crippen LogP contribution in [0.5, 0.6) is 11.5 Å². The van der Waals surface area contributed by atoms with Crippen LogP contribution in [-0.2, 0) is 16.5 Å². The zero-order valence-electron chi connectivity index (χ0n) is 15.7. The van der Waals surface area contributed by atoms with Crippen LogP contribution in [0.1, 0.15) is 26.3 Å². The van der Waals surface area contributed by atoms with Crippen molar-refractivity contribution in [1.82, 2.24) is 0 Å². The summed E-state index contributed by atoms with van der Waals surface area (Å²) in [5, 5.41) is 0. The monoisotopic (exact) mass is 420 g/mol. The first-order chi connectivity index (χ1) is 12.7. The third-order valence-electron chi connectivity index (χ3n) is 3.75. The second-order valence-corrected chi connectivity index (χ2v) is 8.92. The minimum absolute atomic E-state index is 0.184. The van der Waals surface area contributed by atoms with Crippen molar-refractivity contribution in [2.75, 3.05) is 7.11 Å². The van der Waals surface area contributed by atoms with Crippen molar-refractivity contribution in [1.29, 1.82) is 0 Å². The molecule has 0 fully saturated rings. The lowest BCUT2D eigenvalue weighted by atomic mass is 9.84. The van der Waals surface area contributed by atoms with Gasteiger partial charge in [0.2, 0.25) is 0 Å². The lowest BCUT2D eigenvalue weighted by Gasteiger charge is -2.22. The molecular weight excluding hydrogens is 400 g/mol. The summed E-state index contributed by atoms with van der Waals surface area (Å²) >= 11 is 0. The molecule has 0 amide bonds. The van der Waals surface area contributed by atoms with E-state index in [2.05, 4.69) is 4.18 Å². The Hall–Kier alpha value is -2.29. The van der Waals surface area contributed by atoms with Gasteiger partial charge in [-0.2, -0.15) is 21.6 Å². The van der Waals surface area contributed by atoms with Gasteiger partial charge >= 0.3 is 15.6 Å². The number of rotatable bonds is 5. The molecule has 2 aromatic carbocycles. The van der Waals surface area contributed by atoms with E-state index in [4.69, 9.17) is 4.74 Å². The minimum Gasteiger partial charge on any atom is -0.497 e. The Bertz CT molecular complexity index is 961. The maximum Gasteiger partial charge on any atom is 0.534 e. The van der Waals surface area contributed by atoms with Crippen molar-refractivity contribution < 1.29 is 34.9 Å². The van der Waals surface area contributed by atoms with Gasteiger partial charge in [-0.05, 0) is 53.3 Å². The van der Waals surface area contributed by atoms with E-state index in [0.29, 0.717) is 23.3 Å². The summed E-state index contributed by atoms with van der Waals surface area (Å²) in [7, 11) is -4.38. The molecule has 154 valence electrons. The number of hydrogen-bond donors (Lipinski definition) is 0. The standard InChI is InChI=1S/C19H20F4O4S/c1-18(2,3)11-12-9-14(27-28(24,25)19(21,22)23)5-7-15(12)16-10-13(26-4)6-8-17(16)20/h5-10H,11H2,1-4H3. The number of benzene rings is 2. The summed E-state index contributed by atoms with van der Waals surface area (Å²) in [6, 6.07) is 7.69. The van der Waals surface area contributed by atoms with Crippen LogP contribution >= 0.6 is 0 Å². The predicted molar refractivity (Wildman–Crippen MR) is 97.1 cm³/mol. The van der Waals surface area contributed by atoms with Gasteiger partial charge in [0.1, 0.15) is 17.3 Å². The van der Waals surface area contributed by atoms with Gasteiger partial charge in [-0.3, -0.25) is 0 Å². The highest BCUT2D eigenvalue weighted by Crippen LogP contribution is 2.36. The van der Waals surface area contributed by atoms with Crippen molar-refractivity contribution in [3.63, 3.8) is 0 Å². The van der Waals surface area contributed by atoms with Gasteiger partial charge in [-0.15, -0.1) is 0 Å². The van der Waals surface area contributed by atoms with Crippen LogP contribution in [-0.4, -0.2) is 21.0 Å². The fourth-order valence-corrected chi connectivity index (χ4v) is 3.07. The molecule has 2 aromatic rings. The molecule has 0 atom stereocenters. The number of alkyl halides is 3. The topological polar surface area (TPSA) is 52.6 Å². The van der Waals surface area contributed by atoms with Crippen LogP contribution < -0.4 is 8.92 Å². The fraction of sp³-hybridized carbons (Fsp3) is 0.368. The smallest absolute Gasteiger partial charge is 0.497 e. The van der Waals surface area contributed by atoms with Crippen molar-refractivity contribution >= 4 is 10.1 Å². The highest BCUT2D eigenvalue weighted by atomic mass is 32.2. The van der Waals surface area contributed by atoms with Gasteiger partial charge in [0, 0.05) is 5.56 Å². The van der Waals surface area contributed by atoms with Crippen molar-refractivity contribution in [3.8, 4) is 22.6 Å². The number of hydrogen-bond acceptors (Lipinski definition) is 4. The number of methoxy groups -OCH3 is 1. The van der Waals surface area contributed by atoms with Crippen LogP contribution in [0, 0.1) is 11.2 Å². The van der Waals surface area contributed by atoms with Crippen LogP contribution in [0.25, 0.3) is 11.1 Å². The van der Waals surface area contributed by atoms with Crippen molar-refractivity contribution in [3.05, 3.63) is 47.8 Å². The lowest BCUT2D eigenvalue weighted by Crippen LogP contribution is -2.28. The Morgan fingerprint density at radius 1 is 0.929 bits per heavy atom. The second-order valence-electron chi connectivity index (χ2n) is 7.39. The number of halogens is 4. The number of ether oxygens (including phenoxy) is 1. The molecule has 9 heteroatoms. The molecule has 0 aromatic heterocycles. The average Bonchev–Trinajstić information content (AvgIpc) is 2.53. The van der Waals surface area contributed by atoms with Crippen molar-refractivity contribution in [2.24, 2.45) is 5.41 Å². The largest absolute Gasteiger partial charge is 0.534 e. The highest BCUT2D eigenvalue weighted by molar-refractivity contribution is 7.88. The molecule has 0 radical (unpaired) electrons. The zero-order valence-corrected chi connectivity index (χ0v) is 16.5. The molecular formula is C19H20F4O4S. The third-order valence-corrected chi connectivity index (χ3v) is 4.73. The summed E-state index contributed by atoms with van der Waals surface area (Å²) in [6.45, 7) is 5.66. The van der Waals surface area contributed by atoms with Gasteiger partial charge in [-0.1, -0.05) is 26.8 Å². The summed E-state index contributed by atoms with van der Waals surface area (Å²) < 4.78 is 84.1. The third kappa shape index (κ3) is 5.15. The van der Waals surface area contributed by atoms with Gasteiger partial charge in [0.15, 0.2) is 0 Å². The van der Waals surface area contributed by atoms with E-state index in [-0.39, 0.29) is 11.0 Å². The maximum absolute atomic E-state index is 14.4. The van der Waals surface area contributed by atoms with Gasteiger partial charge in [0.25, 0.3) is 0 Å². The van der Waals surface area contributed by atoms with Gasteiger partial charge in [-0.25, -0.2) is 4.39 Å². The first-order valence-electron chi connectivity index (χ1n) is 8.21. The van der Waals surface area contributed by atoms with Crippen LogP contribution in [0.4, 0.5) is 17.6 Å². The quantitative estimate of drug-likeness (QED) is 0.373. The van der Waals surface area contributed by atoms with E-state index in [0.717, 1.165) is 6.07 Å². The van der Waals surface area contributed by atoms with E-state index < -0.39 is 27.2 Å².